The van der Waals surface area contributed by atoms with Gasteiger partial charge in [-0.05, 0) is 106 Å². The third-order valence-corrected chi connectivity index (χ3v) is 8.87. The molecule has 0 saturated heterocycles. The monoisotopic (exact) mass is 544 g/mol. The number of hydrogen-bond donors (Lipinski definition) is 2. The number of nitrogen functional groups attached to an aromatic ring is 1. The Bertz CT molecular complexity index is 1590. The highest BCUT2D eigenvalue weighted by atomic mass is 32.2. The largest absolute Gasteiger partial charge is 0.384 e. The molecule has 2 aromatic carbocycles. The van der Waals surface area contributed by atoms with Gasteiger partial charge in [-0.3, -0.25) is 4.79 Å². The van der Waals surface area contributed by atoms with Crippen LogP contribution in [0.25, 0.3) is 5.57 Å². The molecule has 8 heteroatoms. The van der Waals surface area contributed by atoms with E-state index < -0.39 is 10.8 Å². The first-order chi connectivity index (χ1) is 18.9. The Hall–Kier alpha value is -3.59. The molecule has 0 bridgehead atoms. The molecule has 2 aliphatic carbocycles. The second kappa shape index (κ2) is 10.5. The molecule has 1 aromatic heterocycles. The summed E-state index contributed by atoms with van der Waals surface area (Å²) in [5.74, 6) is 0.624. The van der Waals surface area contributed by atoms with E-state index in [-0.39, 0.29) is 11.7 Å². The molecule has 3 N–H and O–H groups in total. The fraction of sp³-hybridized carbons (Fsp3) is 0.258. The number of rotatable bonds is 7. The van der Waals surface area contributed by atoms with E-state index in [4.69, 9.17) is 15.0 Å². The normalized spacial score (nSPS) is 17.9. The standard InChI is InChI=1S/C31H30FN3O3S/c1-18-28(27(19-3-4-19)15-30(33)35-18)16-34-31(36)23-8-6-21-11-20-5-7-22(12-24(20)14-25(21)13-23)26-9-10-39(38-37-2)17-29(26)32/h5-10,12-13,15,17,19H,3-4,11,14,16H2,1-2H3,(H2,33,35)(H,34,36)/p+1. The van der Waals surface area contributed by atoms with E-state index in [9.17, 15) is 9.18 Å². The lowest BCUT2D eigenvalue weighted by Crippen LogP contribution is -2.24. The second-order valence-electron chi connectivity index (χ2n) is 10.3. The minimum Gasteiger partial charge on any atom is -0.384 e. The molecule has 0 spiro atoms. The first-order valence-electron chi connectivity index (χ1n) is 13.1. The van der Waals surface area contributed by atoms with Crippen LogP contribution in [0.4, 0.5) is 10.2 Å². The summed E-state index contributed by atoms with van der Waals surface area (Å²) >= 11 is 0. The maximum Gasteiger partial charge on any atom is 0.251 e. The number of pyridine rings is 1. The minimum atomic E-state index is -1.21. The molecule has 3 aromatic rings. The smallest absolute Gasteiger partial charge is 0.251 e. The van der Waals surface area contributed by atoms with Crippen molar-refractivity contribution in [2.75, 3.05) is 12.8 Å². The summed E-state index contributed by atoms with van der Waals surface area (Å²) in [6.45, 7) is 2.37. The Morgan fingerprint density at radius 3 is 2.59 bits per heavy atom. The lowest BCUT2D eigenvalue weighted by atomic mass is 9.83. The van der Waals surface area contributed by atoms with Crippen molar-refractivity contribution in [2.24, 2.45) is 0 Å². The SMILES string of the molecule is COO[SH+]1=CC(F)=C(c2ccc3c(c2)Cc2cc(C(=O)NCc4c(C5CC5)cc(N)nc4C)ccc2C3)C=C1. The number of fused-ring (bicyclic) bond motifs is 2. The Morgan fingerprint density at radius 1 is 1.10 bits per heavy atom. The van der Waals surface area contributed by atoms with Crippen LogP contribution in [0.5, 0.6) is 0 Å². The molecule has 200 valence electrons. The summed E-state index contributed by atoms with van der Waals surface area (Å²) in [6, 6.07) is 14.0. The highest BCUT2D eigenvalue weighted by molar-refractivity contribution is 7.93. The number of thiol groups is 1. The minimum absolute atomic E-state index is 0.111. The predicted octanol–water partition coefficient (Wildman–Crippen LogP) is 5.13. The Kier molecular flexibility index (Phi) is 6.93. The lowest BCUT2D eigenvalue weighted by Gasteiger charge is -2.22. The van der Waals surface area contributed by atoms with Crippen molar-refractivity contribution in [2.45, 2.75) is 45.1 Å². The van der Waals surface area contributed by atoms with Crippen molar-refractivity contribution in [1.82, 2.24) is 10.3 Å². The fourth-order valence-corrected chi connectivity index (χ4v) is 6.48. The second-order valence-corrected chi connectivity index (χ2v) is 11.7. The number of allylic oxidation sites excluding steroid dienone is 3. The van der Waals surface area contributed by atoms with Gasteiger partial charge in [0.15, 0.2) is 11.2 Å². The average molecular weight is 545 g/mol. The number of aromatic nitrogens is 1. The molecule has 1 amide bonds. The van der Waals surface area contributed by atoms with E-state index in [0.29, 0.717) is 35.8 Å². The van der Waals surface area contributed by atoms with Gasteiger partial charge in [-0.1, -0.05) is 24.3 Å². The molecule has 0 radical (unpaired) electrons. The van der Waals surface area contributed by atoms with Crippen molar-refractivity contribution < 1.29 is 18.4 Å². The highest BCUT2D eigenvalue weighted by Crippen LogP contribution is 2.42. The quantitative estimate of drug-likeness (QED) is 0.111. The first-order valence-corrected chi connectivity index (χ1v) is 14.5. The van der Waals surface area contributed by atoms with Crippen LogP contribution in [-0.2, 0) is 39.4 Å². The van der Waals surface area contributed by atoms with Crippen molar-refractivity contribution in [3.8, 4) is 0 Å². The average Bonchev–Trinajstić information content (AvgIpc) is 3.76. The number of carbonyl (C=O) groups excluding carboxylic acids is 1. The Morgan fingerprint density at radius 2 is 1.85 bits per heavy atom. The maximum atomic E-state index is 14.8. The molecule has 1 saturated carbocycles. The summed E-state index contributed by atoms with van der Waals surface area (Å²) < 4.78 is 19.9. The Balaban J connectivity index is 1.20. The number of hydrogen-bond acceptors (Lipinski definition) is 5. The summed E-state index contributed by atoms with van der Waals surface area (Å²) in [7, 11) is 0.204. The number of benzene rings is 2. The fourth-order valence-electron chi connectivity index (χ4n) is 5.47. The van der Waals surface area contributed by atoms with E-state index in [1.54, 1.807) is 6.08 Å². The van der Waals surface area contributed by atoms with Gasteiger partial charge in [0.1, 0.15) is 11.2 Å². The number of aryl methyl sites for hydroxylation is 1. The van der Waals surface area contributed by atoms with Gasteiger partial charge >= 0.3 is 0 Å². The van der Waals surface area contributed by atoms with E-state index in [0.717, 1.165) is 47.2 Å². The number of nitrogens with one attached hydrogen (secondary N) is 1. The molecule has 1 aliphatic heterocycles. The number of halogens is 1. The number of nitrogens with two attached hydrogens (primary N) is 1. The molecule has 39 heavy (non-hydrogen) atoms. The predicted molar refractivity (Wildman–Crippen MR) is 155 cm³/mol. The van der Waals surface area contributed by atoms with Gasteiger partial charge in [0.25, 0.3) is 5.91 Å². The lowest BCUT2D eigenvalue weighted by molar-refractivity contribution is -0.161. The van der Waals surface area contributed by atoms with Gasteiger partial charge in [0.05, 0.1) is 17.9 Å². The van der Waals surface area contributed by atoms with E-state index in [2.05, 4.69) is 22.4 Å². The van der Waals surface area contributed by atoms with Crippen LogP contribution in [-0.4, -0.2) is 23.4 Å². The molecular weight excluding hydrogens is 513 g/mol. The number of anilines is 1. The summed E-state index contributed by atoms with van der Waals surface area (Å²) in [5.41, 5.74) is 15.8. The molecule has 2 heterocycles. The molecule has 1 fully saturated rings. The summed E-state index contributed by atoms with van der Waals surface area (Å²) in [5, 5.41) is 6.39. The zero-order valence-electron chi connectivity index (χ0n) is 22.0. The zero-order valence-corrected chi connectivity index (χ0v) is 22.9. The van der Waals surface area contributed by atoms with E-state index in [1.165, 1.54) is 29.2 Å². The van der Waals surface area contributed by atoms with Crippen LogP contribution in [0.2, 0.25) is 0 Å². The molecule has 6 rings (SSSR count). The molecule has 1 unspecified atom stereocenters. The van der Waals surface area contributed by atoms with Gasteiger partial charge in [-0.25, -0.2) is 9.37 Å². The van der Waals surface area contributed by atoms with E-state index >= 15 is 0 Å². The molecule has 1 atom stereocenters. The maximum absolute atomic E-state index is 14.8. The topological polar surface area (TPSA) is 86.5 Å². The van der Waals surface area contributed by atoms with Gasteiger partial charge in [-0.15, -0.1) is 0 Å². The van der Waals surface area contributed by atoms with Crippen LogP contribution < -0.4 is 11.1 Å². The molecule has 6 nitrogen and oxygen atoms in total. The third-order valence-electron chi connectivity index (χ3n) is 7.62. The molecule has 3 aliphatic rings. The van der Waals surface area contributed by atoms with Crippen LogP contribution in [0.3, 0.4) is 0 Å². The van der Waals surface area contributed by atoms with Crippen molar-refractivity contribution in [3.63, 3.8) is 0 Å². The zero-order chi connectivity index (χ0) is 27.1. The Labute approximate surface area is 229 Å². The van der Waals surface area contributed by atoms with Crippen molar-refractivity contribution in [3.05, 3.63) is 110 Å². The number of nitrogens with zero attached hydrogens (tertiary/aromatic N) is 1. The third kappa shape index (κ3) is 5.32. The van der Waals surface area contributed by atoms with Crippen molar-refractivity contribution >= 4 is 33.4 Å². The van der Waals surface area contributed by atoms with Crippen LogP contribution in [0.1, 0.15) is 73.8 Å². The number of carbonyl (C=O) groups is 1. The van der Waals surface area contributed by atoms with Crippen LogP contribution >= 0.6 is 0 Å². The summed E-state index contributed by atoms with van der Waals surface area (Å²) in [4.78, 5) is 22.3. The van der Waals surface area contributed by atoms with Gasteiger partial charge in [0.2, 0.25) is 0 Å². The van der Waals surface area contributed by atoms with Crippen LogP contribution in [0.15, 0.2) is 59.8 Å². The van der Waals surface area contributed by atoms with Gasteiger partial charge in [-0.2, -0.15) is 4.89 Å². The van der Waals surface area contributed by atoms with Crippen molar-refractivity contribution in [1.29, 1.82) is 0 Å². The van der Waals surface area contributed by atoms with Gasteiger partial charge < -0.3 is 11.1 Å². The molecular formula is C31H31FN3O3S+. The van der Waals surface area contributed by atoms with E-state index in [1.807, 2.05) is 42.7 Å². The summed E-state index contributed by atoms with van der Waals surface area (Å²) in [6.07, 6.45) is 5.53. The van der Waals surface area contributed by atoms with Crippen LogP contribution in [0, 0.1) is 6.92 Å². The highest BCUT2D eigenvalue weighted by Gasteiger charge is 2.28. The number of amides is 1. The first kappa shape index (κ1) is 25.7. The van der Waals surface area contributed by atoms with Gasteiger partial charge in [0, 0.05) is 23.4 Å².